The summed E-state index contributed by atoms with van der Waals surface area (Å²) in [6, 6.07) is 10.5. The zero-order valence-corrected chi connectivity index (χ0v) is 21.6. The Hall–Kier alpha value is -1.16. The van der Waals surface area contributed by atoms with Crippen LogP contribution in [0.15, 0.2) is 30.3 Å². The molecule has 2 saturated carbocycles. The lowest BCUT2D eigenvalue weighted by molar-refractivity contribution is -0.334. The van der Waals surface area contributed by atoms with E-state index in [-0.39, 0.29) is 23.0 Å². The fourth-order valence-corrected chi connectivity index (χ4v) is 6.84. The van der Waals surface area contributed by atoms with Gasteiger partial charge in [0.05, 0.1) is 25.2 Å². The zero-order chi connectivity index (χ0) is 23.1. The first-order chi connectivity index (χ1) is 15.1. The van der Waals surface area contributed by atoms with E-state index in [1.54, 1.807) is 0 Å². The first kappa shape index (κ1) is 24.0. The molecule has 1 unspecified atom stereocenters. The van der Waals surface area contributed by atoms with Crippen molar-refractivity contribution in [2.45, 2.75) is 83.1 Å². The lowest BCUT2D eigenvalue weighted by Crippen LogP contribution is -2.67. The summed E-state index contributed by atoms with van der Waals surface area (Å²) < 4.78 is 18.9. The van der Waals surface area contributed by atoms with Crippen LogP contribution in [0.1, 0.15) is 46.1 Å². The average molecular weight is 457 g/mol. The van der Waals surface area contributed by atoms with Gasteiger partial charge in [-0.25, -0.2) is 0 Å². The van der Waals surface area contributed by atoms with E-state index in [2.05, 4.69) is 76.9 Å². The molecule has 2 aliphatic carbocycles. The predicted molar refractivity (Wildman–Crippen MR) is 130 cm³/mol. The van der Waals surface area contributed by atoms with E-state index in [1.165, 1.54) is 5.56 Å². The molecule has 1 aromatic carbocycles. The van der Waals surface area contributed by atoms with Crippen molar-refractivity contribution >= 4 is 8.32 Å². The molecule has 0 radical (unpaired) electrons. The largest absolute Gasteiger partial charge is 0.403 e. The number of aliphatic hydroxyl groups is 1. The molecule has 1 spiro atoms. The molecule has 176 valence electrons. The third-order valence-corrected chi connectivity index (χ3v) is 12.9. The van der Waals surface area contributed by atoms with Gasteiger partial charge in [-0.15, -0.1) is 0 Å². The van der Waals surface area contributed by atoms with E-state index >= 15 is 0 Å². The average Bonchev–Trinajstić information content (AvgIpc) is 3.24. The van der Waals surface area contributed by atoms with Crippen LogP contribution in [0.4, 0.5) is 0 Å². The van der Waals surface area contributed by atoms with Crippen LogP contribution in [0.25, 0.3) is 0 Å². The number of hydrogen-bond donors (Lipinski definition) is 1. The first-order valence-electron chi connectivity index (χ1n) is 12.2. The maximum Gasteiger partial charge on any atom is 0.193 e. The quantitative estimate of drug-likeness (QED) is 0.511. The van der Waals surface area contributed by atoms with Gasteiger partial charge >= 0.3 is 0 Å². The van der Waals surface area contributed by atoms with Gasteiger partial charge in [-0.3, -0.25) is 0 Å². The maximum atomic E-state index is 10.9. The van der Waals surface area contributed by atoms with Crippen molar-refractivity contribution in [1.29, 1.82) is 0 Å². The molecule has 4 nitrogen and oxygen atoms in total. The van der Waals surface area contributed by atoms with Crippen molar-refractivity contribution in [2.24, 2.45) is 23.7 Å². The van der Waals surface area contributed by atoms with Crippen molar-refractivity contribution in [1.82, 2.24) is 0 Å². The summed E-state index contributed by atoms with van der Waals surface area (Å²) in [6.45, 7) is 14.9. The van der Waals surface area contributed by atoms with Gasteiger partial charge in [0, 0.05) is 18.3 Å². The van der Waals surface area contributed by atoms with Crippen LogP contribution in [-0.4, -0.2) is 44.6 Å². The second-order valence-electron chi connectivity index (χ2n) is 11.4. The molecule has 0 aromatic heterocycles. The Kier molecular flexibility index (Phi) is 6.66. The number of hydrogen-bond acceptors (Lipinski definition) is 4. The zero-order valence-electron chi connectivity index (χ0n) is 20.6. The fraction of sp³-hybridized carbons (Fsp3) is 0.704. The Morgan fingerprint density at radius 2 is 1.81 bits per heavy atom. The molecule has 1 aromatic rings. The van der Waals surface area contributed by atoms with Gasteiger partial charge in [-0.2, -0.15) is 0 Å². The second kappa shape index (κ2) is 8.89. The van der Waals surface area contributed by atoms with Gasteiger partial charge in [0.25, 0.3) is 0 Å². The molecule has 6 atom stereocenters. The molecule has 0 amide bonds. The lowest BCUT2D eigenvalue weighted by Gasteiger charge is -2.61. The number of aliphatic hydroxyl groups excluding tert-OH is 1. The Balaban J connectivity index is 1.57. The minimum Gasteiger partial charge on any atom is -0.403 e. The number of rotatable bonds is 4. The van der Waals surface area contributed by atoms with Crippen molar-refractivity contribution < 1.29 is 19.0 Å². The van der Waals surface area contributed by atoms with E-state index in [0.29, 0.717) is 25.0 Å². The number of ether oxygens (including phenoxy) is 2. The predicted octanol–water partition coefficient (Wildman–Crippen LogP) is 5.02. The van der Waals surface area contributed by atoms with Crippen LogP contribution in [-0.2, 0) is 20.3 Å². The maximum absolute atomic E-state index is 10.9. The van der Waals surface area contributed by atoms with E-state index in [4.69, 9.17) is 13.9 Å². The van der Waals surface area contributed by atoms with E-state index in [0.717, 1.165) is 19.3 Å². The number of benzene rings is 1. The monoisotopic (exact) mass is 456 g/mol. The highest BCUT2D eigenvalue weighted by atomic mass is 28.4. The molecule has 32 heavy (non-hydrogen) atoms. The van der Waals surface area contributed by atoms with Crippen LogP contribution in [0, 0.1) is 35.5 Å². The summed E-state index contributed by atoms with van der Waals surface area (Å²) in [5.41, 5.74) is 1.23. The smallest absolute Gasteiger partial charge is 0.193 e. The van der Waals surface area contributed by atoms with Crippen LogP contribution in [0.3, 0.4) is 0 Å². The topological polar surface area (TPSA) is 47.9 Å². The van der Waals surface area contributed by atoms with E-state index in [9.17, 15) is 5.11 Å². The minimum atomic E-state index is -1.99. The van der Waals surface area contributed by atoms with Crippen molar-refractivity contribution in [2.75, 3.05) is 13.2 Å². The second-order valence-corrected chi connectivity index (χ2v) is 16.2. The van der Waals surface area contributed by atoms with E-state index in [1.807, 2.05) is 6.07 Å². The Bertz CT molecular complexity index is 844. The summed E-state index contributed by atoms with van der Waals surface area (Å²) in [4.78, 5) is 0. The molecular weight excluding hydrogens is 416 g/mol. The van der Waals surface area contributed by atoms with Crippen molar-refractivity contribution in [3.05, 3.63) is 35.9 Å². The summed E-state index contributed by atoms with van der Waals surface area (Å²) in [7, 11) is -1.99. The van der Waals surface area contributed by atoms with Crippen LogP contribution in [0.2, 0.25) is 18.1 Å². The minimum absolute atomic E-state index is 0.0523. The molecule has 5 heteroatoms. The van der Waals surface area contributed by atoms with Crippen molar-refractivity contribution in [3.8, 4) is 11.8 Å². The third-order valence-electron chi connectivity index (χ3n) is 8.45. The molecular formula is C27H40O4Si. The number of fused-ring (bicyclic) bond motifs is 2. The highest BCUT2D eigenvalue weighted by Crippen LogP contribution is 2.61. The standard InChI is InChI=1S/C27H40O4Si/c1-19-25-22(24(28)15-14-23(25)27(19)29-16-17-30-27)13-12-21(18-20-10-8-7-9-11-20)31-32(5,6)26(2,3)4/h7-11,19,21-25,28H,14-18H2,1-6H3/t19?,21-,22+,23+,24-,25-/m1/s1. The molecule has 4 rings (SSSR count). The molecule has 1 heterocycles. The Morgan fingerprint density at radius 3 is 2.44 bits per heavy atom. The Morgan fingerprint density at radius 1 is 1.16 bits per heavy atom. The molecule has 1 aliphatic heterocycles. The molecule has 1 saturated heterocycles. The molecule has 3 fully saturated rings. The Labute approximate surface area is 195 Å². The van der Waals surface area contributed by atoms with Crippen LogP contribution in [0.5, 0.6) is 0 Å². The van der Waals surface area contributed by atoms with Gasteiger partial charge in [0.1, 0.15) is 6.10 Å². The molecule has 3 aliphatic rings. The van der Waals surface area contributed by atoms with Gasteiger partial charge in [0.15, 0.2) is 14.1 Å². The van der Waals surface area contributed by atoms with Gasteiger partial charge < -0.3 is 19.0 Å². The highest BCUT2D eigenvalue weighted by Gasteiger charge is 2.67. The SMILES string of the molecule is CC1[C@@H]2[C@@H](C#C[C@H](Cc3ccccc3)O[Si](C)(C)C(C)(C)C)[C@H](O)CC[C@@H]2C12OCCO2. The van der Waals surface area contributed by atoms with E-state index < -0.39 is 20.2 Å². The molecule has 1 N–H and O–H groups in total. The van der Waals surface area contributed by atoms with Crippen LogP contribution >= 0.6 is 0 Å². The summed E-state index contributed by atoms with van der Waals surface area (Å²) >= 11 is 0. The highest BCUT2D eigenvalue weighted by molar-refractivity contribution is 6.74. The van der Waals surface area contributed by atoms with Crippen LogP contribution < -0.4 is 0 Å². The van der Waals surface area contributed by atoms with Crippen molar-refractivity contribution in [3.63, 3.8) is 0 Å². The normalized spacial score (nSPS) is 32.5. The molecule has 0 bridgehead atoms. The first-order valence-corrected chi connectivity index (χ1v) is 15.1. The van der Waals surface area contributed by atoms with Gasteiger partial charge in [-0.1, -0.05) is 69.9 Å². The summed E-state index contributed by atoms with van der Waals surface area (Å²) in [6.07, 6.45) is 1.91. The summed E-state index contributed by atoms with van der Waals surface area (Å²) in [5.74, 6) is 7.42. The third kappa shape index (κ3) is 4.33. The van der Waals surface area contributed by atoms with Gasteiger partial charge in [0.2, 0.25) is 0 Å². The van der Waals surface area contributed by atoms with Gasteiger partial charge in [-0.05, 0) is 42.5 Å². The summed E-state index contributed by atoms with van der Waals surface area (Å²) in [5, 5.41) is 11.0. The lowest BCUT2D eigenvalue weighted by atomic mass is 9.50. The fourth-order valence-electron chi connectivity index (χ4n) is 5.63.